The molecule has 3 N–H and O–H groups in total. The molecule has 0 atom stereocenters. The number of benzene rings is 1. The van der Waals surface area contributed by atoms with E-state index in [9.17, 15) is 14.7 Å². The molecule has 0 bridgehead atoms. The Labute approximate surface area is 141 Å². The van der Waals surface area contributed by atoms with Gasteiger partial charge < -0.3 is 16.7 Å². The van der Waals surface area contributed by atoms with Crippen molar-refractivity contribution in [1.82, 2.24) is 4.98 Å². The number of nitrogens with zero attached hydrogens (tertiary/aromatic N) is 1. The molecule has 20 heavy (non-hydrogen) atoms. The largest absolute Gasteiger partial charge is 1.00 e. The molecule has 0 fully saturated rings. The number of thiazole rings is 1. The van der Waals surface area contributed by atoms with Crippen LogP contribution in [-0.4, -0.2) is 32.2 Å². The third-order valence-corrected chi connectivity index (χ3v) is 3.48. The van der Waals surface area contributed by atoms with Crippen LogP contribution in [0.5, 0.6) is 5.75 Å². The van der Waals surface area contributed by atoms with Crippen LogP contribution in [0.4, 0.5) is 0 Å². The van der Waals surface area contributed by atoms with Crippen molar-refractivity contribution in [3.05, 3.63) is 34.3 Å². The van der Waals surface area contributed by atoms with Gasteiger partial charge in [0.2, 0.25) is 0 Å². The minimum atomic E-state index is -1.41. The van der Waals surface area contributed by atoms with Crippen molar-refractivity contribution in [2.75, 3.05) is 0 Å². The monoisotopic (exact) mass is 303 g/mol. The van der Waals surface area contributed by atoms with Crippen molar-refractivity contribution in [1.29, 1.82) is 0 Å². The van der Waals surface area contributed by atoms with Gasteiger partial charge >= 0.3 is 41.5 Å². The minimum Gasteiger partial charge on any atom is -1.00 e. The Bertz CT molecular complexity index is 657. The van der Waals surface area contributed by atoms with Crippen LogP contribution in [0.25, 0.3) is 10.6 Å². The number of aryl methyl sites for hydroxylation is 1. The third-order valence-electron chi connectivity index (χ3n) is 2.41. The SMILES string of the molecule is Cc1ccc(O)c(-c2nc(C(=O)O)c(C(=O)O)s2)c1.[H-].[Na+]. The molecular formula is C12H10NNaO5S. The van der Waals surface area contributed by atoms with Gasteiger partial charge in [0.1, 0.15) is 15.6 Å². The van der Waals surface area contributed by atoms with Crippen LogP contribution in [0.3, 0.4) is 0 Å². The van der Waals surface area contributed by atoms with E-state index in [1.165, 1.54) is 6.07 Å². The van der Waals surface area contributed by atoms with E-state index >= 15 is 0 Å². The number of aromatic hydroxyl groups is 1. The molecule has 2 rings (SSSR count). The molecule has 0 radical (unpaired) electrons. The van der Waals surface area contributed by atoms with Crippen LogP contribution in [0.1, 0.15) is 27.2 Å². The number of phenols is 1. The molecule has 0 aliphatic carbocycles. The maximum atomic E-state index is 11.0. The summed E-state index contributed by atoms with van der Waals surface area (Å²) in [5.41, 5.74) is 0.644. The van der Waals surface area contributed by atoms with Crippen LogP contribution >= 0.6 is 11.3 Å². The Balaban J connectivity index is 0.00000200. The maximum absolute atomic E-state index is 11.0. The van der Waals surface area contributed by atoms with E-state index in [4.69, 9.17) is 10.2 Å². The Kier molecular flexibility index (Phi) is 5.29. The molecule has 0 aliphatic rings. The van der Waals surface area contributed by atoms with Gasteiger partial charge in [-0.2, -0.15) is 0 Å². The molecule has 0 unspecified atom stereocenters. The first kappa shape index (κ1) is 16.6. The van der Waals surface area contributed by atoms with Gasteiger partial charge in [-0.3, -0.25) is 0 Å². The predicted molar refractivity (Wildman–Crippen MR) is 69.0 cm³/mol. The van der Waals surface area contributed by atoms with E-state index in [1.54, 1.807) is 19.1 Å². The quantitative estimate of drug-likeness (QED) is 0.650. The third kappa shape index (κ3) is 3.18. The van der Waals surface area contributed by atoms with E-state index in [-0.39, 0.29) is 46.6 Å². The predicted octanol–water partition coefficient (Wildman–Crippen LogP) is -0.663. The van der Waals surface area contributed by atoms with Crippen molar-refractivity contribution in [2.24, 2.45) is 0 Å². The van der Waals surface area contributed by atoms with E-state index < -0.39 is 17.6 Å². The number of carboxylic acids is 2. The molecule has 0 saturated carbocycles. The number of hydrogen-bond donors (Lipinski definition) is 3. The summed E-state index contributed by atoms with van der Waals surface area (Å²) >= 11 is 0.720. The number of phenolic OH excluding ortho intramolecular Hbond substituents is 1. The first-order chi connectivity index (χ1) is 8.90. The zero-order valence-corrected chi connectivity index (χ0v) is 13.6. The molecule has 1 aromatic carbocycles. The average Bonchev–Trinajstić information content (AvgIpc) is 2.77. The topological polar surface area (TPSA) is 108 Å². The number of carboxylic acid groups (broad SMARTS) is 2. The van der Waals surface area contributed by atoms with Gasteiger partial charge in [0.05, 0.1) is 5.56 Å². The average molecular weight is 303 g/mol. The van der Waals surface area contributed by atoms with Crippen LogP contribution in [0, 0.1) is 6.92 Å². The van der Waals surface area contributed by atoms with Crippen LogP contribution in [0.2, 0.25) is 0 Å². The number of aromatic carboxylic acids is 2. The molecule has 0 aliphatic heterocycles. The summed E-state index contributed by atoms with van der Waals surface area (Å²) in [6.07, 6.45) is 0. The van der Waals surface area contributed by atoms with Gasteiger partial charge in [-0.15, -0.1) is 11.3 Å². The van der Waals surface area contributed by atoms with Gasteiger partial charge in [-0.05, 0) is 19.1 Å². The van der Waals surface area contributed by atoms with Crippen LogP contribution in [0.15, 0.2) is 18.2 Å². The standard InChI is InChI=1S/C12H9NO5S.Na.H/c1-5-2-3-7(14)6(4-5)10-13-8(11(15)16)9(19-10)12(17)18;;/h2-4,14H,1H3,(H,15,16)(H,17,18);;/q;+1;-1. The Morgan fingerprint density at radius 2 is 1.90 bits per heavy atom. The van der Waals surface area contributed by atoms with Crippen molar-refractivity contribution >= 4 is 23.3 Å². The van der Waals surface area contributed by atoms with E-state index in [0.29, 0.717) is 5.56 Å². The molecule has 0 spiro atoms. The maximum Gasteiger partial charge on any atom is 1.00 e. The summed E-state index contributed by atoms with van der Waals surface area (Å²) in [4.78, 5) is 25.3. The molecule has 6 nitrogen and oxygen atoms in total. The number of carbonyl (C=O) groups is 2. The summed E-state index contributed by atoms with van der Waals surface area (Å²) in [5.74, 6) is -2.84. The summed E-state index contributed by atoms with van der Waals surface area (Å²) in [6, 6.07) is 4.75. The summed E-state index contributed by atoms with van der Waals surface area (Å²) in [6.45, 7) is 1.80. The van der Waals surface area contributed by atoms with Gasteiger partial charge in [-0.25, -0.2) is 14.6 Å². The van der Waals surface area contributed by atoms with Gasteiger partial charge in [-0.1, -0.05) is 11.6 Å². The first-order valence-electron chi connectivity index (χ1n) is 5.17. The Hall–Kier alpha value is -1.41. The smallest absolute Gasteiger partial charge is 1.00 e. The number of hydrogen-bond acceptors (Lipinski definition) is 5. The Morgan fingerprint density at radius 3 is 2.40 bits per heavy atom. The normalized spacial score (nSPS) is 9.85. The van der Waals surface area contributed by atoms with E-state index in [2.05, 4.69) is 4.98 Å². The van der Waals surface area contributed by atoms with Crippen molar-refractivity contribution in [3.63, 3.8) is 0 Å². The van der Waals surface area contributed by atoms with Crippen LogP contribution < -0.4 is 29.6 Å². The van der Waals surface area contributed by atoms with Gasteiger partial charge in [0.15, 0.2) is 5.69 Å². The van der Waals surface area contributed by atoms with Gasteiger partial charge in [0, 0.05) is 0 Å². The van der Waals surface area contributed by atoms with E-state index in [1.807, 2.05) is 0 Å². The second-order valence-corrected chi connectivity index (χ2v) is 4.83. The summed E-state index contributed by atoms with van der Waals surface area (Å²) in [5, 5.41) is 27.8. The fraction of sp³-hybridized carbons (Fsp3) is 0.0833. The summed E-state index contributed by atoms with van der Waals surface area (Å²) in [7, 11) is 0. The molecule has 8 heteroatoms. The molecule has 1 aromatic heterocycles. The van der Waals surface area contributed by atoms with Crippen molar-refractivity contribution in [2.45, 2.75) is 6.92 Å². The molecule has 1 heterocycles. The zero-order chi connectivity index (χ0) is 14.2. The second kappa shape index (κ2) is 6.36. The fourth-order valence-electron chi connectivity index (χ4n) is 1.55. The first-order valence-corrected chi connectivity index (χ1v) is 5.99. The molecule has 0 amide bonds. The van der Waals surface area contributed by atoms with Gasteiger partial charge in [0.25, 0.3) is 0 Å². The Morgan fingerprint density at radius 1 is 1.25 bits per heavy atom. The number of aromatic nitrogens is 1. The molecule has 2 aromatic rings. The molecule has 100 valence electrons. The van der Waals surface area contributed by atoms with Crippen molar-refractivity contribution in [3.8, 4) is 16.3 Å². The number of rotatable bonds is 3. The van der Waals surface area contributed by atoms with Crippen LogP contribution in [-0.2, 0) is 0 Å². The van der Waals surface area contributed by atoms with E-state index in [0.717, 1.165) is 16.9 Å². The minimum absolute atomic E-state index is 0. The molecule has 0 saturated heterocycles. The zero-order valence-electron chi connectivity index (χ0n) is 11.7. The fourth-order valence-corrected chi connectivity index (χ4v) is 2.47. The van der Waals surface area contributed by atoms with Crippen molar-refractivity contribution < 1.29 is 55.9 Å². The molecular weight excluding hydrogens is 293 g/mol. The summed E-state index contributed by atoms with van der Waals surface area (Å²) < 4.78 is 0. The second-order valence-electron chi connectivity index (χ2n) is 3.83.